The van der Waals surface area contributed by atoms with Crippen LogP contribution in [0.1, 0.15) is 53.8 Å². The summed E-state index contributed by atoms with van der Waals surface area (Å²) < 4.78 is 6.04. The van der Waals surface area contributed by atoms with Crippen molar-refractivity contribution >= 4 is 39.0 Å². The number of allylic oxidation sites excluding steroid dienone is 1. The SMILES string of the molecule is Cc1ccc(Oc2ccc(Nc3ncnc4sc5c(c34)CCN(C(=O)/C=C/CC3CC4CCC(C3)N4)C5)cc2C)cn1. The van der Waals surface area contributed by atoms with E-state index < -0.39 is 0 Å². The number of anilines is 2. The second-order valence-corrected chi connectivity index (χ2v) is 13.0. The van der Waals surface area contributed by atoms with Gasteiger partial charge < -0.3 is 20.3 Å². The molecule has 1 aromatic carbocycles. The van der Waals surface area contributed by atoms with Crippen LogP contribution in [0.5, 0.6) is 11.5 Å². The summed E-state index contributed by atoms with van der Waals surface area (Å²) in [6.45, 7) is 5.31. The summed E-state index contributed by atoms with van der Waals surface area (Å²) in [5.74, 6) is 3.10. The van der Waals surface area contributed by atoms with E-state index in [1.54, 1.807) is 29.9 Å². The van der Waals surface area contributed by atoms with E-state index in [9.17, 15) is 4.79 Å². The molecule has 6 heterocycles. The van der Waals surface area contributed by atoms with E-state index in [1.165, 1.54) is 36.1 Å². The molecule has 2 unspecified atom stereocenters. The van der Waals surface area contributed by atoms with E-state index >= 15 is 0 Å². The third-order valence-electron chi connectivity index (χ3n) is 8.80. The van der Waals surface area contributed by atoms with Crippen LogP contribution < -0.4 is 15.4 Å². The quantitative estimate of drug-likeness (QED) is 0.238. The molecule has 9 heteroatoms. The van der Waals surface area contributed by atoms with E-state index in [4.69, 9.17) is 4.74 Å². The minimum atomic E-state index is 0.110. The number of pyridine rings is 1. The van der Waals surface area contributed by atoms with Crippen LogP contribution in [0.3, 0.4) is 0 Å². The highest BCUT2D eigenvalue weighted by atomic mass is 32.1. The predicted molar refractivity (Wildman–Crippen MR) is 166 cm³/mol. The summed E-state index contributed by atoms with van der Waals surface area (Å²) in [6.07, 6.45) is 14.2. The second kappa shape index (κ2) is 11.5. The van der Waals surface area contributed by atoms with Crippen LogP contribution >= 0.6 is 11.3 Å². The lowest BCUT2D eigenvalue weighted by Gasteiger charge is -2.28. The first-order valence-electron chi connectivity index (χ1n) is 14.9. The van der Waals surface area contributed by atoms with Crippen molar-refractivity contribution in [2.45, 2.75) is 71.0 Å². The van der Waals surface area contributed by atoms with E-state index in [2.05, 4.69) is 37.7 Å². The molecule has 0 aliphatic carbocycles. The third kappa shape index (κ3) is 5.63. The Labute approximate surface area is 250 Å². The lowest BCUT2D eigenvalue weighted by atomic mass is 9.89. The number of carbonyl (C=O) groups is 1. The van der Waals surface area contributed by atoms with Gasteiger partial charge in [0.15, 0.2) is 0 Å². The molecule has 0 radical (unpaired) electrons. The molecule has 7 rings (SSSR count). The Kier molecular flexibility index (Phi) is 7.38. The third-order valence-corrected chi connectivity index (χ3v) is 9.92. The van der Waals surface area contributed by atoms with Crippen molar-refractivity contribution in [3.05, 3.63) is 76.7 Å². The van der Waals surface area contributed by atoms with Crippen LogP contribution in [0.4, 0.5) is 11.5 Å². The summed E-state index contributed by atoms with van der Waals surface area (Å²) in [7, 11) is 0. The minimum absolute atomic E-state index is 0.110. The minimum Gasteiger partial charge on any atom is -0.455 e. The molecule has 1 amide bonds. The summed E-state index contributed by atoms with van der Waals surface area (Å²) in [6, 6.07) is 11.3. The number of aryl methyl sites for hydroxylation is 2. The average molecular weight is 581 g/mol. The Morgan fingerprint density at radius 2 is 2.00 bits per heavy atom. The largest absolute Gasteiger partial charge is 0.455 e. The fraction of sp³-hybridized carbons (Fsp3) is 0.394. The van der Waals surface area contributed by atoms with Gasteiger partial charge in [-0.15, -0.1) is 11.3 Å². The number of thiophene rings is 1. The molecule has 42 heavy (non-hydrogen) atoms. The fourth-order valence-corrected chi connectivity index (χ4v) is 7.87. The zero-order valence-corrected chi connectivity index (χ0v) is 24.9. The van der Waals surface area contributed by atoms with E-state index in [0.717, 1.165) is 51.6 Å². The van der Waals surface area contributed by atoms with Crippen molar-refractivity contribution in [2.75, 3.05) is 11.9 Å². The van der Waals surface area contributed by atoms with Gasteiger partial charge in [-0.3, -0.25) is 9.78 Å². The molecular weight excluding hydrogens is 544 g/mol. The first-order chi connectivity index (χ1) is 20.5. The van der Waals surface area contributed by atoms with Crippen molar-refractivity contribution in [2.24, 2.45) is 5.92 Å². The number of piperidine rings is 1. The second-order valence-electron chi connectivity index (χ2n) is 11.9. The zero-order chi connectivity index (χ0) is 28.6. The Morgan fingerprint density at radius 3 is 2.79 bits per heavy atom. The number of aromatic nitrogens is 3. The summed E-state index contributed by atoms with van der Waals surface area (Å²) in [5, 5.41) is 8.28. The molecule has 3 aliphatic heterocycles. The van der Waals surface area contributed by atoms with Gasteiger partial charge in [0, 0.05) is 34.9 Å². The van der Waals surface area contributed by atoms with Gasteiger partial charge in [0.1, 0.15) is 28.5 Å². The van der Waals surface area contributed by atoms with Crippen molar-refractivity contribution in [1.29, 1.82) is 0 Å². The topological polar surface area (TPSA) is 92.3 Å². The standard InChI is InChI=1S/C33H36N6O2S/c1-20-14-23(9-11-28(20)41-26-10-6-21(2)34-17-26)38-32-31-27-12-13-39(18-29(27)42-33(31)36-19-35-32)30(40)5-3-4-22-15-24-7-8-25(16-22)37-24/h3,5-6,9-11,14,17,19,22,24-25,37H,4,7-8,12-13,15-16,18H2,1-2H3,(H,35,36,38)/b5-3+. The van der Waals surface area contributed by atoms with Gasteiger partial charge in [0.25, 0.3) is 0 Å². The van der Waals surface area contributed by atoms with Crippen LogP contribution in [0, 0.1) is 19.8 Å². The van der Waals surface area contributed by atoms with Crippen molar-refractivity contribution in [3.63, 3.8) is 0 Å². The number of rotatable bonds is 7. The molecule has 3 aromatic heterocycles. The number of fused-ring (bicyclic) bond motifs is 5. The summed E-state index contributed by atoms with van der Waals surface area (Å²) >= 11 is 1.67. The van der Waals surface area contributed by atoms with Gasteiger partial charge >= 0.3 is 0 Å². The molecule has 2 N–H and O–H groups in total. The van der Waals surface area contributed by atoms with Crippen LogP contribution in [0.25, 0.3) is 10.2 Å². The number of nitrogens with one attached hydrogen (secondary N) is 2. The maximum absolute atomic E-state index is 13.1. The molecule has 0 spiro atoms. The lowest BCUT2D eigenvalue weighted by Crippen LogP contribution is -2.37. The normalized spacial score (nSPS) is 21.6. The van der Waals surface area contributed by atoms with Crippen LogP contribution in [0.2, 0.25) is 0 Å². The molecule has 216 valence electrons. The molecule has 2 bridgehead atoms. The molecule has 4 aromatic rings. The molecule has 2 atom stereocenters. The Morgan fingerprint density at radius 1 is 1.14 bits per heavy atom. The van der Waals surface area contributed by atoms with Gasteiger partial charge in [-0.05, 0) is 106 Å². The van der Waals surface area contributed by atoms with Gasteiger partial charge in [0.05, 0.1) is 18.1 Å². The number of ether oxygens (including phenoxy) is 1. The van der Waals surface area contributed by atoms with Crippen molar-refractivity contribution < 1.29 is 9.53 Å². The number of hydrogen-bond donors (Lipinski definition) is 2. The number of hydrogen-bond acceptors (Lipinski definition) is 8. The Bertz CT molecular complexity index is 1640. The van der Waals surface area contributed by atoms with E-state index in [1.807, 2.05) is 43.0 Å². The number of nitrogens with zero attached hydrogens (tertiary/aromatic N) is 4. The Hall–Kier alpha value is -3.82. The average Bonchev–Trinajstić information content (AvgIpc) is 3.54. The zero-order valence-electron chi connectivity index (χ0n) is 24.1. The van der Waals surface area contributed by atoms with Gasteiger partial charge in [-0.1, -0.05) is 6.08 Å². The maximum atomic E-state index is 13.1. The Balaban J connectivity index is 1.03. The van der Waals surface area contributed by atoms with Crippen LogP contribution in [0.15, 0.2) is 55.0 Å². The fourth-order valence-electron chi connectivity index (χ4n) is 6.66. The lowest BCUT2D eigenvalue weighted by molar-refractivity contribution is -0.126. The number of benzene rings is 1. The van der Waals surface area contributed by atoms with Gasteiger partial charge in [0.2, 0.25) is 5.91 Å². The summed E-state index contributed by atoms with van der Waals surface area (Å²) in [4.78, 5) is 30.7. The molecule has 0 saturated carbocycles. The molecular formula is C33H36N6O2S. The number of carbonyl (C=O) groups excluding carboxylic acids is 1. The first kappa shape index (κ1) is 27.0. The summed E-state index contributed by atoms with van der Waals surface area (Å²) in [5.41, 5.74) is 4.14. The maximum Gasteiger partial charge on any atom is 0.246 e. The van der Waals surface area contributed by atoms with Crippen LogP contribution in [-0.4, -0.2) is 44.4 Å². The van der Waals surface area contributed by atoms with E-state index in [-0.39, 0.29) is 5.91 Å². The van der Waals surface area contributed by atoms with Gasteiger partial charge in [-0.25, -0.2) is 9.97 Å². The first-order valence-corrected chi connectivity index (χ1v) is 15.7. The van der Waals surface area contributed by atoms with Crippen molar-refractivity contribution in [3.8, 4) is 11.5 Å². The predicted octanol–water partition coefficient (Wildman–Crippen LogP) is 6.60. The highest BCUT2D eigenvalue weighted by molar-refractivity contribution is 7.19. The molecule has 2 saturated heterocycles. The highest BCUT2D eigenvalue weighted by Crippen LogP contribution is 2.39. The van der Waals surface area contributed by atoms with Crippen molar-refractivity contribution in [1.82, 2.24) is 25.2 Å². The molecule has 2 fully saturated rings. The van der Waals surface area contributed by atoms with Gasteiger partial charge in [-0.2, -0.15) is 0 Å². The molecule has 8 nitrogen and oxygen atoms in total. The highest BCUT2D eigenvalue weighted by Gasteiger charge is 2.33. The smallest absolute Gasteiger partial charge is 0.246 e. The van der Waals surface area contributed by atoms with Crippen LogP contribution in [-0.2, 0) is 17.8 Å². The monoisotopic (exact) mass is 580 g/mol. The molecule has 3 aliphatic rings. The number of amides is 1. The van der Waals surface area contributed by atoms with E-state index in [0.29, 0.717) is 36.8 Å².